The third kappa shape index (κ3) is 10.0. The predicted octanol–water partition coefficient (Wildman–Crippen LogP) is 5.87. The fourth-order valence-electron chi connectivity index (χ4n) is 3.15. The summed E-state index contributed by atoms with van der Waals surface area (Å²) in [7, 11) is 0. The van der Waals surface area contributed by atoms with E-state index in [4.69, 9.17) is 0 Å². The molecule has 0 aromatic carbocycles. The highest BCUT2D eigenvalue weighted by molar-refractivity contribution is 5.77. The molecule has 1 aliphatic rings. The Bertz CT molecular complexity index is 292. The number of likely N-dealkylation sites (tertiary alicyclic amines) is 1. The van der Waals surface area contributed by atoms with Crippen molar-refractivity contribution < 1.29 is 4.79 Å². The van der Waals surface area contributed by atoms with Crippen molar-refractivity contribution in [3.8, 4) is 0 Å². The summed E-state index contributed by atoms with van der Waals surface area (Å²) in [6, 6.07) is 0. The van der Waals surface area contributed by atoms with Crippen molar-refractivity contribution in [3.05, 3.63) is 12.2 Å². The third-order valence-electron chi connectivity index (χ3n) is 4.64. The Hall–Kier alpha value is -0.790. The highest BCUT2D eigenvalue weighted by Gasteiger charge is 2.15. The molecular weight excluding hydrogens is 270 g/mol. The van der Waals surface area contributed by atoms with Gasteiger partial charge in [-0.25, -0.2) is 0 Å². The number of hydrogen-bond acceptors (Lipinski definition) is 1. The standard InChI is InChI=1S/C20H37NO/c1-2-3-4-5-6-7-8-9-10-11-12-13-14-17-20(22)21-18-15-16-19-21/h13-14H,2-12,15-19H2,1H3/b14-13+. The summed E-state index contributed by atoms with van der Waals surface area (Å²) in [5, 5.41) is 0. The van der Waals surface area contributed by atoms with Crippen molar-refractivity contribution in [1.82, 2.24) is 4.90 Å². The van der Waals surface area contributed by atoms with E-state index in [1.54, 1.807) is 0 Å². The van der Waals surface area contributed by atoms with Gasteiger partial charge in [0.05, 0.1) is 0 Å². The summed E-state index contributed by atoms with van der Waals surface area (Å²) >= 11 is 0. The lowest BCUT2D eigenvalue weighted by atomic mass is 10.1. The number of carbonyl (C=O) groups excluding carboxylic acids is 1. The molecule has 1 saturated heterocycles. The van der Waals surface area contributed by atoms with Gasteiger partial charge < -0.3 is 4.90 Å². The first-order valence-corrected chi connectivity index (χ1v) is 9.77. The van der Waals surface area contributed by atoms with Crippen LogP contribution in [0.15, 0.2) is 12.2 Å². The Kier molecular flexibility index (Phi) is 12.1. The van der Waals surface area contributed by atoms with Crippen molar-refractivity contribution in [3.63, 3.8) is 0 Å². The summed E-state index contributed by atoms with van der Waals surface area (Å²) < 4.78 is 0. The Labute approximate surface area is 138 Å². The molecular formula is C20H37NO. The van der Waals surface area contributed by atoms with Crippen LogP contribution in [0.5, 0.6) is 0 Å². The van der Waals surface area contributed by atoms with Gasteiger partial charge in [0.2, 0.25) is 5.91 Å². The molecule has 0 atom stereocenters. The van der Waals surface area contributed by atoms with Crippen molar-refractivity contribution >= 4 is 5.91 Å². The molecule has 0 bridgehead atoms. The molecule has 1 rings (SSSR count). The lowest BCUT2D eigenvalue weighted by Gasteiger charge is -2.13. The van der Waals surface area contributed by atoms with E-state index in [-0.39, 0.29) is 0 Å². The van der Waals surface area contributed by atoms with Crippen LogP contribution in [0, 0.1) is 0 Å². The van der Waals surface area contributed by atoms with Gasteiger partial charge in [0, 0.05) is 19.5 Å². The van der Waals surface area contributed by atoms with Crippen LogP contribution in [-0.2, 0) is 4.79 Å². The monoisotopic (exact) mass is 307 g/mol. The number of rotatable bonds is 13. The van der Waals surface area contributed by atoms with Gasteiger partial charge in [-0.2, -0.15) is 0 Å². The third-order valence-corrected chi connectivity index (χ3v) is 4.64. The van der Waals surface area contributed by atoms with Crippen LogP contribution in [0.1, 0.15) is 96.8 Å². The Morgan fingerprint density at radius 3 is 1.95 bits per heavy atom. The smallest absolute Gasteiger partial charge is 0.226 e. The van der Waals surface area contributed by atoms with Crippen molar-refractivity contribution in [1.29, 1.82) is 0 Å². The molecule has 2 nitrogen and oxygen atoms in total. The maximum absolute atomic E-state index is 11.8. The fourth-order valence-corrected chi connectivity index (χ4v) is 3.15. The van der Waals surface area contributed by atoms with Gasteiger partial charge in [-0.15, -0.1) is 0 Å². The second-order valence-electron chi connectivity index (χ2n) is 6.73. The molecule has 0 aromatic rings. The average Bonchev–Trinajstić information content (AvgIpc) is 3.06. The summed E-state index contributed by atoms with van der Waals surface area (Å²) in [6.07, 6.45) is 22.3. The highest BCUT2D eigenvalue weighted by atomic mass is 16.2. The summed E-state index contributed by atoms with van der Waals surface area (Å²) in [4.78, 5) is 13.8. The molecule has 0 aliphatic carbocycles. The maximum Gasteiger partial charge on any atom is 0.226 e. The largest absolute Gasteiger partial charge is 0.342 e. The second-order valence-corrected chi connectivity index (χ2v) is 6.73. The Balaban J connectivity index is 1.80. The van der Waals surface area contributed by atoms with Crippen LogP contribution in [0.25, 0.3) is 0 Å². The molecule has 128 valence electrons. The van der Waals surface area contributed by atoms with Crippen molar-refractivity contribution in [2.75, 3.05) is 13.1 Å². The topological polar surface area (TPSA) is 20.3 Å². The van der Waals surface area contributed by atoms with Crippen LogP contribution in [0.2, 0.25) is 0 Å². The van der Waals surface area contributed by atoms with Gasteiger partial charge in [0.1, 0.15) is 0 Å². The van der Waals surface area contributed by atoms with Crippen LogP contribution < -0.4 is 0 Å². The molecule has 0 unspecified atom stereocenters. The van der Waals surface area contributed by atoms with Gasteiger partial charge in [0.25, 0.3) is 0 Å². The number of amides is 1. The van der Waals surface area contributed by atoms with Crippen molar-refractivity contribution in [2.45, 2.75) is 96.8 Å². The first-order valence-electron chi connectivity index (χ1n) is 9.77. The first-order chi connectivity index (χ1) is 10.8. The fraction of sp³-hybridized carbons (Fsp3) is 0.850. The quantitative estimate of drug-likeness (QED) is 0.308. The van der Waals surface area contributed by atoms with Crippen LogP contribution >= 0.6 is 0 Å². The van der Waals surface area contributed by atoms with Gasteiger partial charge >= 0.3 is 0 Å². The number of carbonyl (C=O) groups is 1. The van der Waals surface area contributed by atoms with E-state index in [0.29, 0.717) is 12.3 Å². The Morgan fingerprint density at radius 2 is 1.36 bits per heavy atom. The van der Waals surface area contributed by atoms with Gasteiger partial charge in [0.15, 0.2) is 0 Å². The molecule has 1 fully saturated rings. The lowest BCUT2D eigenvalue weighted by molar-refractivity contribution is -0.129. The van der Waals surface area contributed by atoms with Crippen LogP contribution in [-0.4, -0.2) is 23.9 Å². The summed E-state index contributed by atoms with van der Waals surface area (Å²) in [6.45, 7) is 4.23. The summed E-state index contributed by atoms with van der Waals surface area (Å²) in [5.74, 6) is 0.317. The van der Waals surface area contributed by atoms with E-state index in [0.717, 1.165) is 19.5 Å². The highest BCUT2D eigenvalue weighted by Crippen LogP contribution is 2.12. The number of hydrogen-bond donors (Lipinski definition) is 0. The van der Waals surface area contributed by atoms with E-state index in [1.807, 2.05) is 4.90 Å². The zero-order chi connectivity index (χ0) is 15.9. The van der Waals surface area contributed by atoms with E-state index >= 15 is 0 Å². The minimum Gasteiger partial charge on any atom is -0.342 e. The number of nitrogens with zero attached hydrogens (tertiary/aromatic N) is 1. The van der Waals surface area contributed by atoms with Gasteiger partial charge in [-0.05, 0) is 25.7 Å². The molecule has 1 aliphatic heterocycles. The normalized spacial score (nSPS) is 15.0. The average molecular weight is 308 g/mol. The molecule has 0 aromatic heterocycles. The number of unbranched alkanes of at least 4 members (excludes halogenated alkanes) is 10. The number of allylic oxidation sites excluding steroid dienone is 1. The predicted molar refractivity (Wildman–Crippen MR) is 96.0 cm³/mol. The lowest BCUT2D eigenvalue weighted by Crippen LogP contribution is -2.26. The Morgan fingerprint density at radius 1 is 0.818 bits per heavy atom. The van der Waals surface area contributed by atoms with Gasteiger partial charge in [-0.3, -0.25) is 4.79 Å². The SMILES string of the molecule is CCCCCCCCCCCC/C=C/CC(=O)N1CCCC1. The maximum atomic E-state index is 11.8. The molecule has 0 saturated carbocycles. The molecule has 0 spiro atoms. The zero-order valence-electron chi connectivity index (χ0n) is 14.8. The van der Waals surface area contributed by atoms with E-state index < -0.39 is 0 Å². The zero-order valence-corrected chi connectivity index (χ0v) is 14.8. The molecule has 1 heterocycles. The first kappa shape index (κ1) is 19.3. The minimum atomic E-state index is 0.317. The molecule has 2 heteroatoms. The molecule has 22 heavy (non-hydrogen) atoms. The second kappa shape index (κ2) is 13.8. The van der Waals surface area contributed by atoms with Gasteiger partial charge in [-0.1, -0.05) is 76.9 Å². The van der Waals surface area contributed by atoms with E-state index in [9.17, 15) is 4.79 Å². The van der Waals surface area contributed by atoms with Crippen molar-refractivity contribution in [2.24, 2.45) is 0 Å². The molecule has 1 amide bonds. The molecule has 0 N–H and O–H groups in total. The molecule has 0 radical (unpaired) electrons. The summed E-state index contributed by atoms with van der Waals surface area (Å²) in [5.41, 5.74) is 0. The van der Waals surface area contributed by atoms with Crippen LogP contribution in [0.4, 0.5) is 0 Å². The van der Waals surface area contributed by atoms with E-state index in [2.05, 4.69) is 19.1 Å². The van der Waals surface area contributed by atoms with Crippen LogP contribution in [0.3, 0.4) is 0 Å². The minimum absolute atomic E-state index is 0.317. The van der Waals surface area contributed by atoms with E-state index in [1.165, 1.54) is 77.0 Å².